The van der Waals surface area contributed by atoms with E-state index in [1.54, 1.807) is 0 Å². The topological polar surface area (TPSA) is 26.3 Å². The molecule has 2 heteroatoms. The standard InChI is InChI=1S/C13H20O2/c1-3-4-5-6-7-8-9-10-11-12-13(14)15-2/h3,7-8,11-12H,1,4-6,9-10H2,2H3/b8-7+,12-11+. The molecule has 0 fully saturated rings. The molecule has 0 N–H and O–H groups in total. The third kappa shape index (κ3) is 10.6. The Labute approximate surface area is 92.3 Å². The number of allylic oxidation sites excluding steroid dienone is 4. The van der Waals surface area contributed by atoms with Gasteiger partial charge in [0.2, 0.25) is 0 Å². The number of esters is 1. The Morgan fingerprint density at radius 2 is 1.80 bits per heavy atom. The fourth-order valence-electron chi connectivity index (χ4n) is 1.06. The summed E-state index contributed by atoms with van der Waals surface area (Å²) in [5.74, 6) is -0.287. The van der Waals surface area contributed by atoms with Crippen molar-refractivity contribution in [1.29, 1.82) is 0 Å². The molecule has 0 aliphatic rings. The van der Waals surface area contributed by atoms with Crippen LogP contribution < -0.4 is 0 Å². The maximum atomic E-state index is 10.7. The van der Waals surface area contributed by atoms with Gasteiger partial charge in [-0.15, -0.1) is 6.58 Å². The van der Waals surface area contributed by atoms with Crippen LogP contribution in [0.5, 0.6) is 0 Å². The molecule has 0 bridgehead atoms. The molecule has 0 heterocycles. The minimum atomic E-state index is -0.287. The number of hydrogen-bond acceptors (Lipinski definition) is 2. The van der Waals surface area contributed by atoms with Crippen LogP contribution in [0, 0.1) is 0 Å². The summed E-state index contributed by atoms with van der Waals surface area (Å²) < 4.78 is 4.47. The van der Waals surface area contributed by atoms with Gasteiger partial charge >= 0.3 is 5.97 Å². The summed E-state index contributed by atoms with van der Waals surface area (Å²) in [5, 5.41) is 0. The minimum absolute atomic E-state index is 0.287. The van der Waals surface area contributed by atoms with Crippen molar-refractivity contribution < 1.29 is 9.53 Å². The molecule has 2 nitrogen and oxygen atoms in total. The van der Waals surface area contributed by atoms with Crippen molar-refractivity contribution in [2.45, 2.75) is 32.1 Å². The average molecular weight is 208 g/mol. The Morgan fingerprint density at radius 1 is 1.13 bits per heavy atom. The summed E-state index contributed by atoms with van der Waals surface area (Å²) in [6.45, 7) is 3.67. The maximum Gasteiger partial charge on any atom is 0.330 e. The monoisotopic (exact) mass is 208 g/mol. The highest BCUT2D eigenvalue weighted by Crippen LogP contribution is 1.99. The van der Waals surface area contributed by atoms with Gasteiger partial charge in [0.25, 0.3) is 0 Å². The lowest BCUT2D eigenvalue weighted by Gasteiger charge is -1.90. The van der Waals surface area contributed by atoms with Gasteiger partial charge in [-0.3, -0.25) is 0 Å². The van der Waals surface area contributed by atoms with Crippen LogP contribution in [-0.4, -0.2) is 13.1 Å². The molecular formula is C13H20O2. The van der Waals surface area contributed by atoms with Gasteiger partial charge in [0.15, 0.2) is 0 Å². The summed E-state index contributed by atoms with van der Waals surface area (Å²) in [6.07, 6.45) is 14.8. The van der Waals surface area contributed by atoms with E-state index in [0.29, 0.717) is 0 Å². The number of unbranched alkanes of at least 4 members (excludes halogenated alkanes) is 3. The summed E-state index contributed by atoms with van der Waals surface area (Å²) >= 11 is 0. The first-order valence-corrected chi connectivity index (χ1v) is 5.31. The van der Waals surface area contributed by atoms with Crippen molar-refractivity contribution in [3.05, 3.63) is 37.0 Å². The van der Waals surface area contributed by atoms with Crippen LogP contribution >= 0.6 is 0 Å². The number of carbonyl (C=O) groups excluding carboxylic acids is 1. The molecule has 15 heavy (non-hydrogen) atoms. The Hall–Kier alpha value is -1.31. The van der Waals surface area contributed by atoms with Gasteiger partial charge in [-0.05, 0) is 32.1 Å². The summed E-state index contributed by atoms with van der Waals surface area (Å²) in [5.41, 5.74) is 0. The molecule has 0 saturated carbocycles. The minimum Gasteiger partial charge on any atom is -0.466 e. The molecule has 84 valence electrons. The first-order valence-electron chi connectivity index (χ1n) is 5.31. The summed E-state index contributed by atoms with van der Waals surface area (Å²) in [7, 11) is 1.38. The lowest BCUT2D eigenvalue weighted by molar-refractivity contribution is -0.134. The average Bonchev–Trinajstić information content (AvgIpc) is 2.26. The van der Waals surface area contributed by atoms with E-state index in [-0.39, 0.29) is 5.97 Å². The van der Waals surface area contributed by atoms with Crippen LogP contribution in [0.2, 0.25) is 0 Å². The summed E-state index contributed by atoms with van der Waals surface area (Å²) in [4.78, 5) is 10.7. The van der Waals surface area contributed by atoms with Crippen molar-refractivity contribution in [2.75, 3.05) is 7.11 Å². The van der Waals surface area contributed by atoms with E-state index in [1.807, 2.05) is 12.2 Å². The van der Waals surface area contributed by atoms with Crippen molar-refractivity contribution in [3.63, 3.8) is 0 Å². The molecule has 0 radical (unpaired) electrons. The number of methoxy groups -OCH3 is 1. The van der Waals surface area contributed by atoms with Gasteiger partial charge in [0, 0.05) is 6.08 Å². The molecule has 0 saturated heterocycles. The van der Waals surface area contributed by atoms with E-state index in [9.17, 15) is 4.79 Å². The first-order chi connectivity index (χ1) is 7.31. The van der Waals surface area contributed by atoms with E-state index in [4.69, 9.17) is 0 Å². The zero-order valence-electron chi connectivity index (χ0n) is 9.45. The van der Waals surface area contributed by atoms with Gasteiger partial charge in [-0.2, -0.15) is 0 Å². The molecule has 0 aliphatic carbocycles. The van der Waals surface area contributed by atoms with E-state index in [2.05, 4.69) is 23.5 Å². The first kappa shape index (κ1) is 13.7. The fourth-order valence-corrected chi connectivity index (χ4v) is 1.06. The number of carbonyl (C=O) groups is 1. The van der Waals surface area contributed by atoms with Gasteiger partial charge in [0.1, 0.15) is 0 Å². The lowest BCUT2D eigenvalue weighted by atomic mass is 10.2. The van der Waals surface area contributed by atoms with Crippen LogP contribution in [0.1, 0.15) is 32.1 Å². The van der Waals surface area contributed by atoms with Crippen molar-refractivity contribution in [2.24, 2.45) is 0 Å². The maximum absolute atomic E-state index is 10.7. The van der Waals surface area contributed by atoms with Crippen LogP contribution in [-0.2, 0) is 9.53 Å². The van der Waals surface area contributed by atoms with E-state index in [1.165, 1.54) is 13.2 Å². The second-order valence-electron chi connectivity index (χ2n) is 3.19. The van der Waals surface area contributed by atoms with Crippen LogP contribution in [0.25, 0.3) is 0 Å². The van der Waals surface area contributed by atoms with Gasteiger partial charge in [-0.25, -0.2) is 4.79 Å². The molecule has 0 aromatic heterocycles. The van der Waals surface area contributed by atoms with Crippen molar-refractivity contribution in [1.82, 2.24) is 0 Å². The number of hydrogen-bond donors (Lipinski definition) is 0. The Bertz CT molecular complexity index is 227. The molecular weight excluding hydrogens is 188 g/mol. The normalized spacial score (nSPS) is 11.0. The molecule has 0 aliphatic heterocycles. The second-order valence-corrected chi connectivity index (χ2v) is 3.19. The van der Waals surface area contributed by atoms with Crippen LogP contribution in [0.3, 0.4) is 0 Å². The predicted octanol–water partition coefficient (Wildman–Crippen LogP) is 3.41. The highest BCUT2D eigenvalue weighted by Gasteiger charge is 1.88. The molecule has 0 spiro atoms. The Kier molecular flexibility index (Phi) is 9.83. The quantitative estimate of drug-likeness (QED) is 0.264. The van der Waals surface area contributed by atoms with Crippen LogP contribution in [0.15, 0.2) is 37.0 Å². The fraction of sp³-hybridized carbons (Fsp3) is 0.462. The molecule has 0 amide bonds. The van der Waals surface area contributed by atoms with Gasteiger partial charge in [0.05, 0.1) is 7.11 Å². The molecule has 0 rings (SSSR count). The summed E-state index contributed by atoms with van der Waals surface area (Å²) in [6, 6.07) is 0. The molecule has 0 atom stereocenters. The second kappa shape index (κ2) is 10.8. The van der Waals surface area contributed by atoms with Gasteiger partial charge in [-0.1, -0.05) is 24.3 Å². The van der Waals surface area contributed by atoms with E-state index in [0.717, 1.165) is 32.1 Å². The smallest absolute Gasteiger partial charge is 0.330 e. The zero-order valence-corrected chi connectivity index (χ0v) is 9.45. The SMILES string of the molecule is C=CCCC/C=C/CC/C=C/C(=O)OC. The third-order valence-electron chi connectivity index (χ3n) is 1.90. The molecule has 0 aromatic carbocycles. The predicted molar refractivity (Wildman–Crippen MR) is 63.6 cm³/mol. The van der Waals surface area contributed by atoms with Crippen LogP contribution in [0.4, 0.5) is 0 Å². The highest BCUT2D eigenvalue weighted by atomic mass is 16.5. The third-order valence-corrected chi connectivity index (χ3v) is 1.90. The largest absolute Gasteiger partial charge is 0.466 e. The van der Waals surface area contributed by atoms with Gasteiger partial charge < -0.3 is 4.74 Å². The number of ether oxygens (including phenoxy) is 1. The van der Waals surface area contributed by atoms with E-state index < -0.39 is 0 Å². The lowest BCUT2D eigenvalue weighted by Crippen LogP contribution is -1.93. The highest BCUT2D eigenvalue weighted by molar-refractivity contribution is 5.81. The molecule has 0 unspecified atom stereocenters. The Balaban J connectivity index is 3.33. The number of rotatable bonds is 8. The molecule has 0 aromatic rings. The van der Waals surface area contributed by atoms with E-state index >= 15 is 0 Å². The van der Waals surface area contributed by atoms with Crippen molar-refractivity contribution in [3.8, 4) is 0 Å². The Morgan fingerprint density at radius 3 is 2.47 bits per heavy atom. The zero-order chi connectivity index (χ0) is 11.4. The van der Waals surface area contributed by atoms with Crippen molar-refractivity contribution >= 4 is 5.97 Å².